The Bertz CT molecular complexity index is 354. The van der Waals surface area contributed by atoms with Crippen LogP contribution in [0, 0.1) is 0 Å². The molecule has 0 fully saturated rings. The third-order valence-electron chi connectivity index (χ3n) is 2.86. The summed E-state index contributed by atoms with van der Waals surface area (Å²) in [4.78, 5) is 1.33. The molecular formula is C16H27NOS. The first-order chi connectivity index (χ1) is 9.13. The molecule has 0 aromatic heterocycles. The summed E-state index contributed by atoms with van der Waals surface area (Å²) >= 11 is 1.87. The number of benzene rings is 1. The molecule has 0 amide bonds. The fourth-order valence-corrected chi connectivity index (χ4v) is 2.61. The number of thioether (sulfide) groups is 1. The van der Waals surface area contributed by atoms with Crippen molar-refractivity contribution in [3.8, 4) is 0 Å². The van der Waals surface area contributed by atoms with E-state index in [0.717, 1.165) is 18.9 Å². The monoisotopic (exact) mass is 281 g/mol. The van der Waals surface area contributed by atoms with E-state index in [2.05, 4.69) is 57.3 Å². The standard InChI is InChI=1S/C16H27NOS/c1-5-9-17-14(4)15-7-6-8-16(12-15)19-11-10-18-13(2)3/h6-8,12-14,17H,5,9-11H2,1-4H3. The smallest absolute Gasteiger partial charge is 0.0563 e. The van der Waals surface area contributed by atoms with E-state index in [9.17, 15) is 0 Å². The molecule has 1 aromatic rings. The second-order valence-electron chi connectivity index (χ2n) is 5.02. The summed E-state index contributed by atoms with van der Waals surface area (Å²) < 4.78 is 5.56. The highest BCUT2D eigenvalue weighted by molar-refractivity contribution is 7.99. The molecule has 1 unspecified atom stereocenters. The lowest BCUT2D eigenvalue weighted by atomic mass is 10.1. The molecule has 0 saturated heterocycles. The highest BCUT2D eigenvalue weighted by Crippen LogP contribution is 2.22. The second-order valence-corrected chi connectivity index (χ2v) is 6.18. The summed E-state index contributed by atoms with van der Waals surface area (Å²) in [5, 5.41) is 3.52. The molecule has 0 aliphatic heterocycles. The molecule has 19 heavy (non-hydrogen) atoms. The van der Waals surface area contributed by atoms with Gasteiger partial charge in [0, 0.05) is 16.7 Å². The SMILES string of the molecule is CCCNC(C)c1cccc(SCCOC(C)C)c1. The minimum atomic E-state index is 0.324. The van der Waals surface area contributed by atoms with Gasteiger partial charge in [-0.3, -0.25) is 0 Å². The minimum Gasteiger partial charge on any atom is -0.378 e. The average molecular weight is 281 g/mol. The first-order valence-corrected chi connectivity index (χ1v) is 8.19. The molecule has 0 spiro atoms. The third kappa shape index (κ3) is 7.00. The van der Waals surface area contributed by atoms with E-state index in [0.29, 0.717) is 12.1 Å². The van der Waals surface area contributed by atoms with Crippen molar-refractivity contribution >= 4 is 11.8 Å². The molecule has 0 saturated carbocycles. The Labute approximate surface area is 122 Å². The molecule has 108 valence electrons. The third-order valence-corrected chi connectivity index (χ3v) is 3.82. The van der Waals surface area contributed by atoms with Crippen molar-refractivity contribution in [2.24, 2.45) is 0 Å². The van der Waals surface area contributed by atoms with E-state index in [4.69, 9.17) is 4.74 Å². The molecule has 1 atom stereocenters. The van der Waals surface area contributed by atoms with Crippen molar-refractivity contribution in [3.63, 3.8) is 0 Å². The van der Waals surface area contributed by atoms with Crippen LogP contribution >= 0.6 is 11.8 Å². The number of rotatable bonds is 9. The van der Waals surface area contributed by atoms with Gasteiger partial charge in [-0.1, -0.05) is 19.1 Å². The Morgan fingerprint density at radius 3 is 2.74 bits per heavy atom. The lowest BCUT2D eigenvalue weighted by Gasteiger charge is -2.14. The van der Waals surface area contributed by atoms with Crippen LogP contribution in [-0.4, -0.2) is 25.0 Å². The quantitative estimate of drug-likeness (QED) is 0.539. The van der Waals surface area contributed by atoms with E-state index in [1.165, 1.54) is 16.9 Å². The van der Waals surface area contributed by atoms with Gasteiger partial charge >= 0.3 is 0 Å². The average Bonchev–Trinajstić information content (AvgIpc) is 2.41. The predicted octanol–water partition coefficient (Wildman–Crippen LogP) is 4.26. The second kappa shape index (κ2) is 9.40. The molecule has 2 nitrogen and oxygen atoms in total. The lowest BCUT2D eigenvalue weighted by molar-refractivity contribution is 0.0920. The zero-order valence-electron chi connectivity index (χ0n) is 12.6. The van der Waals surface area contributed by atoms with Crippen molar-refractivity contribution in [2.75, 3.05) is 18.9 Å². The van der Waals surface area contributed by atoms with Crippen LogP contribution in [0.3, 0.4) is 0 Å². The van der Waals surface area contributed by atoms with Gasteiger partial charge in [-0.25, -0.2) is 0 Å². The van der Waals surface area contributed by atoms with Crippen LogP contribution in [0.2, 0.25) is 0 Å². The first kappa shape index (κ1) is 16.5. The summed E-state index contributed by atoms with van der Waals surface area (Å²) in [5.41, 5.74) is 1.36. The van der Waals surface area contributed by atoms with Gasteiger partial charge < -0.3 is 10.1 Å². The van der Waals surface area contributed by atoms with Crippen LogP contribution in [0.25, 0.3) is 0 Å². The molecule has 0 aliphatic carbocycles. The van der Waals surface area contributed by atoms with Crippen LogP contribution in [0.5, 0.6) is 0 Å². The van der Waals surface area contributed by atoms with E-state index < -0.39 is 0 Å². The summed E-state index contributed by atoms with van der Waals surface area (Å²) in [6, 6.07) is 9.23. The molecule has 1 N–H and O–H groups in total. The summed E-state index contributed by atoms with van der Waals surface area (Å²) in [6.45, 7) is 10.5. The van der Waals surface area contributed by atoms with Gasteiger partial charge in [0.1, 0.15) is 0 Å². The largest absolute Gasteiger partial charge is 0.378 e. The van der Waals surface area contributed by atoms with Gasteiger partial charge in [0.15, 0.2) is 0 Å². The van der Waals surface area contributed by atoms with E-state index >= 15 is 0 Å². The highest BCUT2D eigenvalue weighted by Gasteiger charge is 2.05. The topological polar surface area (TPSA) is 21.3 Å². The normalized spacial score (nSPS) is 12.9. The van der Waals surface area contributed by atoms with E-state index in [-0.39, 0.29) is 0 Å². The van der Waals surface area contributed by atoms with Crippen LogP contribution in [0.4, 0.5) is 0 Å². The zero-order chi connectivity index (χ0) is 14.1. The van der Waals surface area contributed by atoms with Crippen molar-refractivity contribution in [1.29, 1.82) is 0 Å². The maximum Gasteiger partial charge on any atom is 0.0563 e. The van der Waals surface area contributed by atoms with Crippen LogP contribution in [0.1, 0.15) is 45.7 Å². The van der Waals surface area contributed by atoms with Crippen LogP contribution in [-0.2, 0) is 4.74 Å². The fraction of sp³-hybridized carbons (Fsp3) is 0.625. The minimum absolute atomic E-state index is 0.324. The van der Waals surface area contributed by atoms with Gasteiger partial charge in [0.25, 0.3) is 0 Å². The Morgan fingerprint density at radius 2 is 2.05 bits per heavy atom. The summed E-state index contributed by atoms with van der Waals surface area (Å²) in [5.74, 6) is 1.01. The Balaban J connectivity index is 2.43. The molecule has 0 radical (unpaired) electrons. The number of ether oxygens (including phenoxy) is 1. The van der Waals surface area contributed by atoms with E-state index in [1.807, 2.05) is 11.8 Å². The molecule has 0 bridgehead atoms. The zero-order valence-corrected chi connectivity index (χ0v) is 13.4. The number of nitrogens with one attached hydrogen (secondary N) is 1. The Morgan fingerprint density at radius 1 is 1.26 bits per heavy atom. The molecule has 1 aromatic carbocycles. The molecule has 3 heteroatoms. The number of hydrogen-bond donors (Lipinski definition) is 1. The molecule has 0 aliphatic rings. The highest BCUT2D eigenvalue weighted by atomic mass is 32.2. The number of hydrogen-bond acceptors (Lipinski definition) is 3. The van der Waals surface area contributed by atoms with Gasteiger partial charge in [0.05, 0.1) is 12.7 Å². The lowest BCUT2D eigenvalue weighted by Crippen LogP contribution is -2.19. The van der Waals surface area contributed by atoms with E-state index in [1.54, 1.807) is 0 Å². The summed E-state index contributed by atoms with van der Waals surface area (Å²) in [7, 11) is 0. The predicted molar refractivity (Wildman–Crippen MR) is 85.0 cm³/mol. The molecule has 1 rings (SSSR count). The van der Waals surface area contributed by atoms with Crippen molar-refractivity contribution in [1.82, 2.24) is 5.32 Å². The van der Waals surface area contributed by atoms with Crippen molar-refractivity contribution in [3.05, 3.63) is 29.8 Å². The molecule has 0 heterocycles. The molecular weight excluding hydrogens is 254 g/mol. The maximum absolute atomic E-state index is 5.56. The first-order valence-electron chi connectivity index (χ1n) is 7.21. The van der Waals surface area contributed by atoms with Crippen LogP contribution < -0.4 is 5.32 Å². The van der Waals surface area contributed by atoms with Gasteiger partial charge in [-0.05, 0) is 51.4 Å². The van der Waals surface area contributed by atoms with Crippen molar-refractivity contribution in [2.45, 2.75) is 51.2 Å². The fourth-order valence-electron chi connectivity index (χ4n) is 1.80. The maximum atomic E-state index is 5.56. The summed E-state index contributed by atoms with van der Waals surface area (Å²) in [6.07, 6.45) is 1.50. The van der Waals surface area contributed by atoms with Gasteiger partial charge in [-0.2, -0.15) is 0 Å². The Hall–Kier alpha value is -0.510. The van der Waals surface area contributed by atoms with Gasteiger partial charge in [-0.15, -0.1) is 11.8 Å². The van der Waals surface area contributed by atoms with Gasteiger partial charge in [0.2, 0.25) is 0 Å². The van der Waals surface area contributed by atoms with Crippen LogP contribution in [0.15, 0.2) is 29.2 Å². The Kier molecular flexibility index (Phi) is 8.19. The van der Waals surface area contributed by atoms with Crippen molar-refractivity contribution < 1.29 is 4.74 Å².